The molecule has 0 bridgehead atoms. The van der Waals surface area contributed by atoms with Crippen molar-refractivity contribution in [1.29, 1.82) is 0 Å². The molecule has 2 amide bonds. The lowest BCUT2D eigenvalue weighted by molar-refractivity contribution is -0.133. The van der Waals surface area contributed by atoms with E-state index in [4.69, 9.17) is 0 Å². The van der Waals surface area contributed by atoms with Gasteiger partial charge in [-0.05, 0) is 35.4 Å². The number of rotatable bonds is 14. The van der Waals surface area contributed by atoms with Crippen molar-refractivity contribution < 1.29 is 19.5 Å². The molecule has 6 nitrogen and oxygen atoms in total. The molecule has 0 radical (unpaired) electrons. The predicted molar refractivity (Wildman–Crippen MR) is 150 cm³/mol. The van der Waals surface area contributed by atoms with Gasteiger partial charge in [-0.3, -0.25) is 14.4 Å². The number of nitrogens with one attached hydrogen (secondary N) is 2. The van der Waals surface area contributed by atoms with Crippen LogP contribution in [0.5, 0.6) is 0 Å². The van der Waals surface area contributed by atoms with Crippen molar-refractivity contribution in [3.05, 3.63) is 108 Å². The van der Waals surface area contributed by atoms with Gasteiger partial charge in [-0.25, -0.2) is 0 Å². The highest BCUT2D eigenvalue weighted by atomic mass is 16.3. The largest absolute Gasteiger partial charge is 0.389 e. The third kappa shape index (κ3) is 8.38. The number of carbonyl (C=O) groups is 3. The summed E-state index contributed by atoms with van der Waals surface area (Å²) in [6.07, 6.45) is 1.79. The first kappa shape index (κ1) is 28.8. The smallest absolute Gasteiger partial charge is 0.243 e. The first-order valence-corrected chi connectivity index (χ1v) is 13.3. The van der Waals surface area contributed by atoms with Gasteiger partial charge >= 0.3 is 0 Å². The number of hydrogen-bond donors (Lipinski definition) is 3. The zero-order valence-electron chi connectivity index (χ0n) is 22.2. The Morgan fingerprint density at radius 3 is 1.82 bits per heavy atom. The molecular weight excluding hydrogens is 476 g/mol. The predicted octanol–water partition coefficient (Wildman–Crippen LogP) is 4.42. The Kier molecular flexibility index (Phi) is 11.2. The van der Waals surface area contributed by atoms with Gasteiger partial charge in [0, 0.05) is 12.3 Å². The minimum atomic E-state index is -0.836. The number of Topliss-reactive ketones (excluding diaryl/α,β-unsaturated/α-hetero) is 1. The van der Waals surface area contributed by atoms with Crippen molar-refractivity contribution in [3.8, 4) is 0 Å². The van der Waals surface area contributed by atoms with Gasteiger partial charge < -0.3 is 15.7 Å². The molecule has 0 aliphatic rings. The van der Waals surface area contributed by atoms with Crippen LogP contribution < -0.4 is 10.6 Å². The quantitative estimate of drug-likeness (QED) is 0.297. The molecular formula is C32H38N2O4. The van der Waals surface area contributed by atoms with Crippen LogP contribution in [0.3, 0.4) is 0 Å². The molecule has 0 aliphatic carbocycles. The summed E-state index contributed by atoms with van der Waals surface area (Å²) in [5, 5.41) is 15.3. The third-order valence-electron chi connectivity index (χ3n) is 7.03. The van der Waals surface area contributed by atoms with Gasteiger partial charge in [-0.1, -0.05) is 111 Å². The molecule has 0 heterocycles. The summed E-state index contributed by atoms with van der Waals surface area (Å²) < 4.78 is 0. The Balaban J connectivity index is 1.73. The maximum absolute atomic E-state index is 13.4. The average Bonchev–Trinajstić information content (AvgIpc) is 2.97. The van der Waals surface area contributed by atoms with Crippen molar-refractivity contribution in [2.75, 3.05) is 6.61 Å². The Labute approximate surface area is 225 Å². The van der Waals surface area contributed by atoms with Gasteiger partial charge in [0.05, 0.1) is 6.04 Å². The first-order chi connectivity index (χ1) is 18.4. The van der Waals surface area contributed by atoms with E-state index in [1.165, 1.54) is 0 Å². The number of carbonyl (C=O) groups excluding carboxylic acids is 3. The van der Waals surface area contributed by atoms with Crippen LogP contribution >= 0.6 is 0 Å². The molecule has 3 N–H and O–H groups in total. The van der Waals surface area contributed by atoms with Gasteiger partial charge in [-0.15, -0.1) is 0 Å². The van der Waals surface area contributed by atoms with E-state index in [0.717, 1.165) is 16.7 Å². The van der Waals surface area contributed by atoms with Crippen LogP contribution in [0.1, 0.15) is 55.7 Å². The fraction of sp³-hybridized carbons (Fsp3) is 0.344. The van der Waals surface area contributed by atoms with E-state index in [9.17, 15) is 19.5 Å². The van der Waals surface area contributed by atoms with Gasteiger partial charge in [0.25, 0.3) is 0 Å². The molecule has 38 heavy (non-hydrogen) atoms. The third-order valence-corrected chi connectivity index (χ3v) is 7.03. The number of amides is 2. The summed E-state index contributed by atoms with van der Waals surface area (Å²) in [4.78, 5) is 39.2. The molecule has 0 saturated carbocycles. The lowest BCUT2D eigenvalue weighted by Crippen LogP contribution is -2.54. The fourth-order valence-corrected chi connectivity index (χ4v) is 4.56. The zero-order valence-corrected chi connectivity index (χ0v) is 22.2. The number of benzene rings is 3. The fourth-order valence-electron chi connectivity index (χ4n) is 4.56. The number of aliphatic hydroxyl groups is 1. The van der Waals surface area contributed by atoms with Gasteiger partial charge in [0.2, 0.25) is 11.8 Å². The lowest BCUT2D eigenvalue weighted by Gasteiger charge is -2.27. The highest BCUT2D eigenvalue weighted by Crippen LogP contribution is 2.28. The van der Waals surface area contributed by atoms with Gasteiger partial charge in [0.15, 0.2) is 5.78 Å². The van der Waals surface area contributed by atoms with E-state index in [0.29, 0.717) is 19.3 Å². The second-order valence-electron chi connectivity index (χ2n) is 9.72. The molecule has 3 aromatic rings. The molecule has 0 fully saturated rings. The summed E-state index contributed by atoms with van der Waals surface area (Å²) >= 11 is 0. The number of aryl methyl sites for hydroxylation is 1. The van der Waals surface area contributed by atoms with Crippen molar-refractivity contribution >= 4 is 17.6 Å². The van der Waals surface area contributed by atoms with Crippen LogP contribution in [0.4, 0.5) is 0 Å². The standard InChI is InChI=1S/C32H38N2O4/c1-3-23(2)31(32(38)33-28(29(36)22-35)20-19-24-13-7-4-8-14-24)34-30(37)21-27(25-15-9-5-10-16-25)26-17-11-6-12-18-26/h4-18,23,27-28,31,35H,3,19-22H2,1-2H3,(H,33,38)(H,34,37)/t23-,28+,31+/m1/s1. The Hall–Kier alpha value is -3.77. The van der Waals surface area contributed by atoms with Gasteiger partial charge in [0.1, 0.15) is 12.6 Å². The van der Waals surface area contributed by atoms with Crippen LogP contribution in [0, 0.1) is 5.92 Å². The normalized spacial score (nSPS) is 13.4. The second-order valence-corrected chi connectivity index (χ2v) is 9.72. The minimum Gasteiger partial charge on any atom is -0.389 e. The highest BCUT2D eigenvalue weighted by molar-refractivity contribution is 5.93. The topological polar surface area (TPSA) is 95.5 Å². The van der Waals surface area contributed by atoms with Crippen LogP contribution in [0.15, 0.2) is 91.0 Å². The molecule has 0 spiro atoms. The van der Waals surface area contributed by atoms with Crippen molar-refractivity contribution in [3.63, 3.8) is 0 Å². The van der Waals surface area contributed by atoms with E-state index >= 15 is 0 Å². The second kappa shape index (κ2) is 14.8. The van der Waals surface area contributed by atoms with Crippen molar-refractivity contribution in [2.24, 2.45) is 5.92 Å². The minimum absolute atomic E-state index is 0.148. The first-order valence-electron chi connectivity index (χ1n) is 13.3. The monoisotopic (exact) mass is 514 g/mol. The molecule has 0 unspecified atom stereocenters. The molecule has 3 rings (SSSR count). The van der Waals surface area contributed by atoms with Crippen LogP contribution in [-0.4, -0.2) is 41.4 Å². The molecule has 0 aliphatic heterocycles. The molecule has 0 saturated heterocycles. The SMILES string of the molecule is CC[C@@H](C)[C@H](NC(=O)CC(c1ccccc1)c1ccccc1)C(=O)N[C@@H](CCc1ccccc1)C(=O)CO. The zero-order chi connectivity index (χ0) is 27.3. The van der Waals surface area contributed by atoms with E-state index in [2.05, 4.69) is 10.6 Å². The van der Waals surface area contributed by atoms with E-state index in [1.54, 1.807) is 0 Å². The summed E-state index contributed by atoms with van der Waals surface area (Å²) in [7, 11) is 0. The van der Waals surface area contributed by atoms with Crippen molar-refractivity contribution in [1.82, 2.24) is 10.6 Å². The summed E-state index contributed by atoms with van der Waals surface area (Å²) in [5.41, 5.74) is 3.08. The van der Waals surface area contributed by atoms with Crippen LogP contribution in [0.2, 0.25) is 0 Å². The maximum Gasteiger partial charge on any atom is 0.243 e. The molecule has 3 aromatic carbocycles. The van der Waals surface area contributed by atoms with Crippen LogP contribution in [0.25, 0.3) is 0 Å². The summed E-state index contributed by atoms with van der Waals surface area (Å²) in [6.45, 7) is 3.21. The number of hydrogen-bond acceptors (Lipinski definition) is 4. The van der Waals surface area contributed by atoms with Crippen molar-refractivity contribution in [2.45, 2.75) is 57.5 Å². The molecule has 0 aromatic heterocycles. The van der Waals surface area contributed by atoms with E-state index < -0.39 is 30.4 Å². The highest BCUT2D eigenvalue weighted by Gasteiger charge is 2.30. The lowest BCUT2D eigenvalue weighted by atomic mass is 9.88. The Morgan fingerprint density at radius 1 is 0.789 bits per heavy atom. The maximum atomic E-state index is 13.4. The summed E-state index contributed by atoms with van der Waals surface area (Å²) in [5.74, 6) is -1.41. The molecule has 3 atom stereocenters. The van der Waals surface area contributed by atoms with Crippen LogP contribution in [-0.2, 0) is 20.8 Å². The van der Waals surface area contributed by atoms with E-state index in [1.807, 2.05) is 105 Å². The number of aliphatic hydroxyl groups excluding tert-OH is 1. The summed E-state index contributed by atoms with van der Waals surface area (Å²) in [6, 6.07) is 27.7. The Morgan fingerprint density at radius 2 is 1.32 bits per heavy atom. The molecule has 200 valence electrons. The van der Waals surface area contributed by atoms with E-state index in [-0.39, 0.29) is 24.2 Å². The van der Waals surface area contributed by atoms with Gasteiger partial charge in [-0.2, -0.15) is 0 Å². The average molecular weight is 515 g/mol. The number of ketones is 1. The Bertz CT molecular complexity index is 1110. The molecule has 6 heteroatoms.